The summed E-state index contributed by atoms with van der Waals surface area (Å²) in [5.74, 6) is 0.0506. The third-order valence-corrected chi connectivity index (χ3v) is 5.26. The molecule has 1 aromatic carbocycles. The average molecular weight is 332 g/mol. The number of amides is 1. The van der Waals surface area contributed by atoms with E-state index in [1.807, 2.05) is 4.90 Å². The highest BCUT2D eigenvalue weighted by Crippen LogP contribution is 2.22. The predicted molar refractivity (Wildman–Crippen MR) is 84.2 cm³/mol. The third kappa shape index (κ3) is 4.87. The number of benzene rings is 1. The van der Waals surface area contributed by atoms with Crippen molar-refractivity contribution in [2.45, 2.75) is 6.42 Å². The fourth-order valence-corrected chi connectivity index (χ4v) is 3.66. The fourth-order valence-electron chi connectivity index (χ4n) is 2.18. The number of halogens is 1. The highest BCUT2D eigenvalue weighted by Gasteiger charge is 2.20. The second-order valence-electron chi connectivity index (χ2n) is 5.06. The van der Waals surface area contributed by atoms with Crippen molar-refractivity contribution in [3.63, 3.8) is 0 Å². The summed E-state index contributed by atoms with van der Waals surface area (Å²) >= 11 is 5.86. The summed E-state index contributed by atoms with van der Waals surface area (Å²) in [4.78, 5) is 13.9. The van der Waals surface area contributed by atoms with Gasteiger partial charge in [-0.2, -0.15) is 0 Å². The first-order valence-corrected chi connectivity index (χ1v) is 8.83. The van der Waals surface area contributed by atoms with Crippen molar-refractivity contribution in [1.29, 1.82) is 0 Å². The van der Waals surface area contributed by atoms with E-state index in [0.29, 0.717) is 35.9 Å². The molecule has 1 saturated heterocycles. The first kappa shape index (κ1) is 16.1. The monoisotopic (exact) mass is 331 g/mol. The molecule has 8 heteroatoms. The number of nitrogens with zero attached hydrogens (tertiary/aromatic N) is 1. The quantitative estimate of drug-likeness (QED) is 0.805. The summed E-state index contributed by atoms with van der Waals surface area (Å²) in [6.45, 7) is 1.11. The van der Waals surface area contributed by atoms with E-state index in [2.05, 4.69) is 5.32 Å². The van der Waals surface area contributed by atoms with Crippen LogP contribution in [0.4, 0.5) is 11.4 Å². The maximum Gasteiger partial charge on any atom is 0.238 e. The average Bonchev–Trinajstić information content (AvgIpc) is 2.55. The summed E-state index contributed by atoms with van der Waals surface area (Å²) in [7, 11) is -2.97. The number of carbonyl (C=O) groups is 1. The van der Waals surface area contributed by atoms with Gasteiger partial charge in [0.15, 0.2) is 9.84 Å². The number of nitrogens with two attached hydrogens (primary N) is 1. The van der Waals surface area contributed by atoms with Gasteiger partial charge in [0, 0.05) is 11.6 Å². The molecular formula is C13H18ClN3O3S. The maximum absolute atomic E-state index is 12.0. The number of rotatable bonds is 3. The minimum absolute atomic E-state index is 0.0968. The number of anilines is 2. The van der Waals surface area contributed by atoms with E-state index in [1.54, 1.807) is 18.2 Å². The van der Waals surface area contributed by atoms with Crippen molar-refractivity contribution < 1.29 is 13.2 Å². The zero-order valence-electron chi connectivity index (χ0n) is 11.5. The Labute approximate surface area is 129 Å². The Kier molecular flexibility index (Phi) is 5.08. The molecule has 1 fully saturated rings. The molecule has 1 aliphatic rings. The normalized spacial score (nSPS) is 18.9. The van der Waals surface area contributed by atoms with Gasteiger partial charge in [0.1, 0.15) is 0 Å². The van der Waals surface area contributed by atoms with Crippen LogP contribution in [0, 0.1) is 0 Å². The van der Waals surface area contributed by atoms with Gasteiger partial charge in [0.2, 0.25) is 5.91 Å². The van der Waals surface area contributed by atoms with Crippen LogP contribution >= 0.6 is 11.6 Å². The number of sulfone groups is 1. The summed E-state index contributed by atoms with van der Waals surface area (Å²) in [6, 6.07) is 4.85. The molecule has 6 nitrogen and oxygen atoms in total. The lowest BCUT2D eigenvalue weighted by atomic mass is 10.2. The smallest absolute Gasteiger partial charge is 0.238 e. The van der Waals surface area contributed by atoms with Gasteiger partial charge in [-0.3, -0.25) is 9.69 Å². The van der Waals surface area contributed by atoms with Gasteiger partial charge in [-0.15, -0.1) is 0 Å². The second kappa shape index (κ2) is 6.64. The number of hydrogen-bond donors (Lipinski definition) is 2. The van der Waals surface area contributed by atoms with E-state index in [9.17, 15) is 13.2 Å². The lowest BCUT2D eigenvalue weighted by molar-refractivity contribution is -0.117. The maximum atomic E-state index is 12.0. The molecule has 0 bridgehead atoms. The van der Waals surface area contributed by atoms with Gasteiger partial charge in [0.25, 0.3) is 0 Å². The summed E-state index contributed by atoms with van der Waals surface area (Å²) in [5.41, 5.74) is 6.67. The van der Waals surface area contributed by atoms with Gasteiger partial charge in [-0.1, -0.05) is 11.6 Å². The largest absolute Gasteiger partial charge is 0.397 e. The molecule has 0 aliphatic carbocycles. The molecule has 0 aromatic heterocycles. The standard InChI is InChI=1S/C13H18ClN3O3S/c14-10-2-3-11(15)12(8-10)16-13(18)9-17-4-1-6-21(19,20)7-5-17/h2-3,8H,1,4-7,9,15H2,(H,16,18). The van der Waals surface area contributed by atoms with E-state index in [1.165, 1.54) is 0 Å². The number of hydrogen-bond acceptors (Lipinski definition) is 5. The van der Waals surface area contributed by atoms with Crippen LogP contribution in [0.5, 0.6) is 0 Å². The van der Waals surface area contributed by atoms with Crippen molar-refractivity contribution in [2.75, 3.05) is 42.2 Å². The molecule has 1 amide bonds. The molecule has 21 heavy (non-hydrogen) atoms. The Balaban J connectivity index is 1.94. The summed E-state index contributed by atoms with van der Waals surface area (Å²) in [5, 5.41) is 3.19. The molecule has 116 valence electrons. The molecule has 0 spiro atoms. The molecule has 1 heterocycles. The van der Waals surface area contributed by atoms with E-state index in [4.69, 9.17) is 17.3 Å². The van der Waals surface area contributed by atoms with Crippen LogP contribution in [0.1, 0.15) is 6.42 Å². The Hall–Kier alpha value is -1.31. The zero-order chi connectivity index (χ0) is 15.5. The Morgan fingerprint density at radius 2 is 2.10 bits per heavy atom. The number of nitrogen functional groups attached to an aromatic ring is 1. The van der Waals surface area contributed by atoms with Crippen molar-refractivity contribution >= 4 is 38.7 Å². The van der Waals surface area contributed by atoms with Crippen LogP contribution in [0.15, 0.2) is 18.2 Å². The molecule has 0 radical (unpaired) electrons. The minimum Gasteiger partial charge on any atom is -0.397 e. The van der Waals surface area contributed by atoms with Gasteiger partial charge < -0.3 is 11.1 Å². The highest BCUT2D eigenvalue weighted by atomic mass is 35.5. The summed E-state index contributed by atoms with van der Waals surface area (Å²) in [6.07, 6.45) is 0.551. The number of nitrogens with one attached hydrogen (secondary N) is 1. The molecule has 3 N–H and O–H groups in total. The van der Waals surface area contributed by atoms with Gasteiger partial charge in [0.05, 0.1) is 29.4 Å². The lowest BCUT2D eigenvalue weighted by Gasteiger charge is -2.18. The van der Waals surface area contributed by atoms with Crippen molar-refractivity contribution in [1.82, 2.24) is 4.90 Å². The molecule has 1 aliphatic heterocycles. The molecule has 1 aromatic rings. The Bertz CT molecular complexity index is 634. The van der Waals surface area contributed by atoms with Crippen LogP contribution in [-0.2, 0) is 14.6 Å². The van der Waals surface area contributed by atoms with Gasteiger partial charge >= 0.3 is 0 Å². The second-order valence-corrected chi connectivity index (χ2v) is 7.80. The van der Waals surface area contributed by atoms with Crippen molar-refractivity contribution in [3.8, 4) is 0 Å². The van der Waals surface area contributed by atoms with E-state index >= 15 is 0 Å². The molecule has 0 saturated carbocycles. The van der Waals surface area contributed by atoms with Crippen LogP contribution in [0.2, 0.25) is 5.02 Å². The SMILES string of the molecule is Nc1ccc(Cl)cc1NC(=O)CN1CCCS(=O)(=O)CC1. The van der Waals surface area contributed by atoms with Gasteiger partial charge in [-0.25, -0.2) is 8.42 Å². The molecule has 2 rings (SSSR count). The van der Waals surface area contributed by atoms with Crippen LogP contribution < -0.4 is 11.1 Å². The molecule has 0 unspecified atom stereocenters. The van der Waals surface area contributed by atoms with Crippen LogP contribution in [-0.4, -0.2) is 50.4 Å². The summed E-state index contributed by atoms with van der Waals surface area (Å²) < 4.78 is 23.0. The van der Waals surface area contributed by atoms with Gasteiger partial charge in [-0.05, 0) is 31.2 Å². The first-order valence-electron chi connectivity index (χ1n) is 6.63. The highest BCUT2D eigenvalue weighted by molar-refractivity contribution is 7.91. The van der Waals surface area contributed by atoms with Crippen LogP contribution in [0.25, 0.3) is 0 Å². The topological polar surface area (TPSA) is 92.5 Å². The fraction of sp³-hybridized carbons (Fsp3) is 0.462. The zero-order valence-corrected chi connectivity index (χ0v) is 13.1. The molecular weight excluding hydrogens is 314 g/mol. The first-order chi connectivity index (χ1) is 9.85. The van der Waals surface area contributed by atoms with Crippen molar-refractivity contribution in [3.05, 3.63) is 23.2 Å². The third-order valence-electron chi connectivity index (χ3n) is 3.30. The minimum atomic E-state index is -2.97. The van der Waals surface area contributed by atoms with Crippen LogP contribution in [0.3, 0.4) is 0 Å². The molecule has 0 atom stereocenters. The predicted octanol–water partition coefficient (Wildman–Crippen LogP) is 0.981. The van der Waals surface area contributed by atoms with E-state index < -0.39 is 9.84 Å². The van der Waals surface area contributed by atoms with E-state index in [-0.39, 0.29) is 24.0 Å². The van der Waals surface area contributed by atoms with Crippen molar-refractivity contribution in [2.24, 2.45) is 0 Å². The van der Waals surface area contributed by atoms with E-state index in [0.717, 1.165) is 0 Å². The number of carbonyl (C=O) groups excluding carboxylic acids is 1. The Morgan fingerprint density at radius 1 is 1.33 bits per heavy atom. The Morgan fingerprint density at radius 3 is 2.86 bits per heavy atom. The lowest BCUT2D eigenvalue weighted by Crippen LogP contribution is -2.35.